The van der Waals surface area contributed by atoms with Gasteiger partial charge in [-0.1, -0.05) is 59.3 Å². The van der Waals surface area contributed by atoms with Gasteiger partial charge in [-0.25, -0.2) is 17.5 Å². The van der Waals surface area contributed by atoms with Gasteiger partial charge in [-0.15, -0.1) is 0 Å². The molecule has 1 atom stereocenters. The lowest BCUT2D eigenvalue weighted by Crippen LogP contribution is -2.39. The van der Waals surface area contributed by atoms with E-state index in [1.165, 1.54) is 6.07 Å². The van der Waals surface area contributed by atoms with Gasteiger partial charge in [0.1, 0.15) is 0 Å². The summed E-state index contributed by atoms with van der Waals surface area (Å²) in [6.45, 7) is 11.3. The Bertz CT molecular complexity index is 831. The maximum absolute atomic E-state index is 14.1. The van der Waals surface area contributed by atoms with Crippen LogP contribution in [0.1, 0.15) is 72.3 Å². The van der Waals surface area contributed by atoms with Crippen LogP contribution in [0.2, 0.25) is 0 Å². The molecule has 6 heteroatoms. The van der Waals surface area contributed by atoms with Gasteiger partial charge in [0.05, 0.1) is 12.4 Å². The molecule has 0 aromatic heterocycles. The van der Waals surface area contributed by atoms with E-state index in [-0.39, 0.29) is 29.3 Å². The molecule has 0 amide bonds. The first-order valence-corrected chi connectivity index (χ1v) is 12.7. The molecule has 0 aliphatic heterocycles. The van der Waals surface area contributed by atoms with Gasteiger partial charge in [-0.05, 0) is 54.7 Å². The second-order valence-electron chi connectivity index (χ2n) is 9.61. The highest BCUT2D eigenvalue weighted by atomic mass is 32.2. The summed E-state index contributed by atoms with van der Waals surface area (Å²) in [6, 6.07) is 4.87. The second-order valence-corrected chi connectivity index (χ2v) is 11.5. The molecule has 0 radical (unpaired) electrons. The zero-order valence-corrected chi connectivity index (χ0v) is 19.9. The molecule has 1 saturated carbocycles. The van der Waals surface area contributed by atoms with E-state index >= 15 is 0 Å². The van der Waals surface area contributed by atoms with Crippen LogP contribution in [-0.4, -0.2) is 27.3 Å². The van der Waals surface area contributed by atoms with Crippen molar-refractivity contribution in [1.29, 1.82) is 0 Å². The first-order chi connectivity index (χ1) is 14.0. The van der Waals surface area contributed by atoms with E-state index < -0.39 is 15.4 Å². The second kappa shape index (κ2) is 10.3. The topological polar surface area (TPSA) is 55.4 Å². The normalized spacial score (nSPS) is 17.3. The van der Waals surface area contributed by atoms with Gasteiger partial charge in [0.2, 0.25) is 10.0 Å². The Morgan fingerprint density at radius 2 is 1.87 bits per heavy atom. The fraction of sp³-hybridized carbons (Fsp3) is 0.667. The summed E-state index contributed by atoms with van der Waals surface area (Å²) < 4.78 is 47.5. The Hall–Kier alpha value is -1.40. The quantitative estimate of drug-likeness (QED) is 0.408. The van der Waals surface area contributed by atoms with Crippen LogP contribution in [0.4, 0.5) is 4.39 Å². The van der Waals surface area contributed by atoms with Crippen molar-refractivity contribution < 1.29 is 17.5 Å². The average molecular weight is 440 g/mol. The van der Waals surface area contributed by atoms with Gasteiger partial charge in [0.25, 0.3) is 0 Å². The number of hydrogen-bond donors (Lipinski definition) is 1. The lowest BCUT2D eigenvalue weighted by molar-refractivity contribution is 0.284. The van der Waals surface area contributed by atoms with Gasteiger partial charge in [-0.3, -0.25) is 0 Å². The smallest absolute Gasteiger partial charge is 0.215 e. The SMILES string of the molecule is CCC(C)(C)C/C=C/CS(=O)(=O)NC[C@](C)(CC)c1ccc(F)c(OCC2CC2)c1. The highest BCUT2D eigenvalue weighted by molar-refractivity contribution is 7.89. The Kier molecular flexibility index (Phi) is 8.51. The first-order valence-electron chi connectivity index (χ1n) is 11.1. The van der Waals surface area contributed by atoms with Gasteiger partial charge in [0.15, 0.2) is 11.6 Å². The van der Waals surface area contributed by atoms with Crippen molar-refractivity contribution >= 4 is 10.0 Å². The molecular weight excluding hydrogens is 401 g/mol. The minimum absolute atomic E-state index is 0.0360. The predicted molar refractivity (Wildman–Crippen MR) is 122 cm³/mol. The third kappa shape index (κ3) is 7.69. The molecule has 1 aliphatic carbocycles. The summed E-state index contributed by atoms with van der Waals surface area (Å²) >= 11 is 0. The molecule has 1 fully saturated rings. The highest BCUT2D eigenvalue weighted by Gasteiger charge is 2.28. The van der Waals surface area contributed by atoms with Crippen LogP contribution in [0, 0.1) is 17.2 Å². The average Bonchev–Trinajstić information content (AvgIpc) is 3.53. The van der Waals surface area contributed by atoms with E-state index in [0.29, 0.717) is 18.9 Å². The molecule has 0 heterocycles. The molecule has 0 unspecified atom stereocenters. The number of nitrogens with one attached hydrogen (secondary N) is 1. The molecule has 1 aromatic carbocycles. The molecule has 1 N–H and O–H groups in total. The molecule has 1 aliphatic rings. The minimum atomic E-state index is -3.43. The van der Waals surface area contributed by atoms with E-state index in [9.17, 15) is 12.8 Å². The fourth-order valence-corrected chi connectivity index (χ4v) is 4.03. The Balaban J connectivity index is 2.00. The van der Waals surface area contributed by atoms with E-state index in [0.717, 1.165) is 31.2 Å². The predicted octanol–water partition coefficient (Wildman–Crippen LogP) is 5.58. The monoisotopic (exact) mass is 439 g/mol. The van der Waals surface area contributed by atoms with E-state index in [4.69, 9.17) is 4.74 Å². The highest BCUT2D eigenvalue weighted by Crippen LogP contribution is 2.33. The third-order valence-corrected chi connectivity index (χ3v) is 7.59. The van der Waals surface area contributed by atoms with Crippen LogP contribution in [-0.2, 0) is 15.4 Å². The molecule has 0 spiro atoms. The number of sulfonamides is 1. The molecule has 0 saturated heterocycles. The number of benzene rings is 1. The fourth-order valence-electron chi connectivity index (χ4n) is 2.98. The van der Waals surface area contributed by atoms with Crippen molar-refractivity contribution in [2.24, 2.45) is 11.3 Å². The van der Waals surface area contributed by atoms with Crippen molar-refractivity contribution in [3.05, 3.63) is 41.7 Å². The van der Waals surface area contributed by atoms with Crippen LogP contribution in [0.3, 0.4) is 0 Å². The summed E-state index contributed by atoms with van der Waals surface area (Å²) in [6.07, 6.45) is 8.56. The van der Waals surface area contributed by atoms with Crippen molar-refractivity contribution in [2.75, 3.05) is 18.9 Å². The molecule has 30 heavy (non-hydrogen) atoms. The summed E-state index contributed by atoms with van der Waals surface area (Å²) in [5, 5.41) is 0. The zero-order chi connectivity index (χ0) is 22.4. The molecule has 0 bridgehead atoms. The van der Waals surface area contributed by atoms with Crippen LogP contribution in [0.5, 0.6) is 5.75 Å². The number of allylic oxidation sites excluding steroid dienone is 1. The largest absolute Gasteiger partial charge is 0.490 e. The molecule has 2 rings (SSSR count). The van der Waals surface area contributed by atoms with Gasteiger partial charge in [-0.2, -0.15) is 0 Å². The zero-order valence-electron chi connectivity index (χ0n) is 19.1. The number of hydrogen-bond acceptors (Lipinski definition) is 3. The van der Waals surface area contributed by atoms with Crippen LogP contribution in [0.25, 0.3) is 0 Å². The van der Waals surface area contributed by atoms with E-state index in [1.54, 1.807) is 18.2 Å². The van der Waals surface area contributed by atoms with Crippen molar-refractivity contribution in [3.8, 4) is 5.75 Å². The van der Waals surface area contributed by atoms with Gasteiger partial charge < -0.3 is 4.74 Å². The van der Waals surface area contributed by atoms with Crippen LogP contribution < -0.4 is 9.46 Å². The number of rotatable bonds is 13. The standard InChI is InChI=1S/C24H38FNO3S/c1-6-23(3,4)14-8-9-15-30(27,28)26-18-24(5,7-2)20-12-13-21(25)22(16-20)29-17-19-10-11-19/h8-9,12-13,16,19,26H,6-7,10-11,14-15,17-18H2,1-5H3/b9-8+/t24-/m0/s1. The molecule has 4 nitrogen and oxygen atoms in total. The summed E-state index contributed by atoms with van der Waals surface area (Å²) in [5.74, 6) is 0.376. The van der Waals surface area contributed by atoms with Crippen molar-refractivity contribution in [2.45, 2.75) is 72.1 Å². The van der Waals surface area contributed by atoms with Gasteiger partial charge >= 0.3 is 0 Å². The number of ether oxygens (including phenoxy) is 1. The Labute approximate surface area is 182 Å². The third-order valence-electron chi connectivity index (χ3n) is 6.37. The van der Waals surface area contributed by atoms with Crippen molar-refractivity contribution in [3.63, 3.8) is 0 Å². The molecular formula is C24H38FNO3S. The minimum Gasteiger partial charge on any atom is -0.490 e. The molecule has 170 valence electrons. The van der Waals surface area contributed by atoms with Crippen LogP contribution in [0.15, 0.2) is 30.4 Å². The van der Waals surface area contributed by atoms with Gasteiger partial charge in [0, 0.05) is 12.0 Å². The summed E-state index contributed by atoms with van der Waals surface area (Å²) in [5.41, 5.74) is 0.600. The Morgan fingerprint density at radius 3 is 2.47 bits per heavy atom. The summed E-state index contributed by atoms with van der Waals surface area (Å²) in [7, 11) is -3.43. The lowest BCUT2D eigenvalue weighted by atomic mass is 9.80. The van der Waals surface area contributed by atoms with E-state index in [1.807, 2.05) is 19.9 Å². The first kappa shape index (κ1) is 24.9. The Morgan fingerprint density at radius 1 is 1.17 bits per heavy atom. The summed E-state index contributed by atoms with van der Waals surface area (Å²) in [4.78, 5) is 0. The van der Waals surface area contributed by atoms with Crippen LogP contribution >= 0.6 is 0 Å². The number of halogens is 1. The maximum atomic E-state index is 14.1. The van der Waals surface area contributed by atoms with Crippen molar-refractivity contribution in [1.82, 2.24) is 4.72 Å². The van der Waals surface area contributed by atoms with E-state index in [2.05, 4.69) is 25.5 Å². The maximum Gasteiger partial charge on any atom is 0.215 e. The lowest BCUT2D eigenvalue weighted by Gasteiger charge is -2.29. The molecule has 1 aromatic rings.